The normalized spacial score (nSPS) is 13.7. The topological polar surface area (TPSA) is 40.5 Å². The van der Waals surface area contributed by atoms with E-state index in [1.54, 1.807) is 30.3 Å². The van der Waals surface area contributed by atoms with E-state index < -0.39 is 31.3 Å². The van der Waals surface area contributed by atoms with Crippen molar-refractivity contribution in [2.75, 3.05) is 13.1 Å². The molecule has 0 aliphatic rings. The molecule has 1 unspecified atom stereocenters. The van der Waals surface area contributed by atoms with Gasteiger partial charge in [0, 0.05) is 6.04 Å². The number of carboxylic acids is 1. The Morgan fingerprint density at radius 1 is 1.24 bits per heavy atom. The van der Waals surface area contributed by atoms with Gasteiger partial charge in [-0.05, 0) is 17.9 Å². The summed E-state index contributed by atoms with van der Waals surface area (Å²) in [5.74, 6) is -1.11. The first-order valence-electron chi connectivity index (χ1n) is 6.76. The third-order valence-electron chi connectivity index (χ3n) is 3.04. The van der Waals surface area contributed by atoms with E-state index in [1.165, 1.54) is 0 Å². The van der Waals surface area contributed by atoms with E-state index in [1.807, 2.05) is 13.8 Å². The maximum atomic E-state index is 12.7. The second-order valence-electron chi connectivity index (χ2n) is 5.47. The van der Waals surface area contributed by atoms with Crippen molar-refractivity contribution in [3.63, 3.8) is 0 Å². The van der Waals surface area contributed by atoms with Crippen molar-refractivity contribution < 1.29 is 23.1 Å². The number of alkyl halides is 3. The summed E-state index contributed by atoms with van der Waals surface area (Å²) < 4.78 is 38.2. The number of carboxylic acid groups (broad SMARTS) is 1. The van der Waals surface area contributed by atoms with Crippen molar-refractivity contribution in [2.24, 2.45) is 5.92 Å². The lowest BCUT2D eigenvalue weighted by Crippen LogP contribution is -2.40. The molecule has 0 heterocycles. The van der Waals surface area contributed by atoms with Gasteiger partial charge in [-0.2, -0.15) is 13.2 Å². The highest BCUT2D eigenvalue weighted by Gasteiger charge is 2.35. The van der Waals surface area contributed by atoms with Crippen LogP contribution >= 0.6 is 0 Å². The maximum absolute atomic E-state index is 12.7. The van der Waals surface area contributed by atoms with Gasteiger partial charge in [0.2, 0.25) is 0 Å². The SMILES string of the molecule is CC(C)CC(c1ccccc1)N(CC(=O)O)CC(F)(F)F. The Bertz CT molecular complexity index is 446. The molecule has 21 heavy (non-hydrogen) atoms. The number of benzene rings is 1. The van der Waals surface area contributed by atoms with Crippen LogP contribution in [0.2, 0.25) is 0 Å². The molecule has 0 amide bonds. The second-order valence-corrected chi connectivity index (χ2v) is 5.47. The van der Waals surface area contributed by atoms with E-state index in [0.29, 0.717) is 12.0 Å². The zero-order chi connectivity index (χ0) is 16.0. The van der Waals surface area contributed by atoms with Crippen LogP contribution in [0, 0.1) is 5.92 Å². The number of hydrogen-bond acceptors (Lipinski definition) is 2. The fraction of sp³-hybridized carbons (Fsp3) is 0.533. The molecule has 1 rings (SSSR count). The Morgan fingerprint density at radius 2 is 1.81 bits per heavy atom. The average molecular weight is 303 g/mol. The van der Waals surface area contributed by atoms with Crippen LogP contribution in [0.5, 0.6) is 0 Å². The van der Waals surface area contributed by atoms with Gasteiger partial charge in [0.05, 0.1) is 13.1 Å². The molecular weight excluding hydrogens is 283 g/mol. The van der Waals surface area contributed by atoms with Crippen molar-refractivity contribution in [3.05, 3.63) is 35.9 Å². The molecule has 0 aliphatic carbocycles. The molecule has 0 bridgehead atoms. The average Bonchev–Trinajstić information content (AvgIpc) is 2.33. The third-order valence-corrected chi connectivity index (χ3v) is 3.04. The van der Waals surface area contributed by atoms with E-state index in [-0.39, 0.29) is 5.92 Å². The maximum Gasteiger partial charge on any atom is 0.401 e. The lowest BCUT2D eigenvalue weighted by Gasteiger charge is -2.32. The quantitative estimate of drug-likeness (QED) is 0.834. The van der Waals surface area contributed by atoms with E-state index in [2.05, 4.69) is 0 Å². The van der Waals surface area contributed by atoms with Gasteiger partial charge in [-0.1, -0.05) is 44.2 Å². The van der Waals surface area contributed by atoms with E-state index in [0.717, 1.165) is 4.90 Å². The van der Waals surface area contributed by atoms with Gasteiger partial charge < -0.3 is 5.11 Å². The fourth-order valence-corrected chi connectivity index (χ4v) is 2.30. The summed E-state index contributed by atoms with van der Waals surface area (Å²) in [5.41, 5.74) is 0.705. The van der Waals surface area contributed by atoms with Gasteiger partial charge in [0.25, 0.3) is 0 Å². The Balaban J connectivity index is 3.07. The monoisotopic (exact) mass is 303 g/mol. The minimum Gasteiger partial charge on any atom is -0.480 e. The number of aliphatic carboxylic acids is 1. The largest absolute Gasteiger partial charge is 0.480 e. The molecule has 0 aliphatic heterocycles. The van der Waals surface area contributed by atoms with Crippen LogP contribution in [0.15, 0.2) is 30.3 Å². The summed E-state index contributed by atoms with van der Waals surface area (Å²) in [7, 11) is 0. The highest BCUT2D eigenvalue weighted by Crippen LogP contribution is 2.30. The number of hydrogen-bond donors (Lipinski definition) is 1. The minimum atomic E-state index is -4.43. The van der Waals surface area contributed by atoms with E-state index in [4.69, 9.17) is 5.11 Å². The Hall–Kier alpha value is -1.56. The molecule has 3 nitrogen and oxygen atoms in total. The molecular formula is C15H20F3NO2. The van der Waals surface area contributed by atoms with Gasteiger partial charge in [0.1, 0.15) is 0 Å². The van der Waals surface area contributed by atoms with Crippen LogP contribution in [0.4, 0.5) is 13.2 Å². The predicted molar refractivity (Wildman–Crippen MR) is 73.9 cm³/mol. The zero-order valence-electron chi connectivity index (χ0n) is 12.1. The minimum absolute atomic E-state index is 0.153. The van der Waals surface area contributed by atoms with Gasteiger partial charge >= 0.3 is 12.1 Å². The van der Waals surface area contributed by atoms with Crippen molar-refractivity contribution >= 4 is 5.97 Å². The lowest BCUT2D eigenvalue weighted by atomic mass is 9.95. The third kappa shape index (κ3) is 6.62. The summed E-state index contributed by atoms with van der Waals surface area (Å²) in [6.07, 6.45) is -3.97. The first-order chi connectivity index (χ1) is 9.69. The molecule has 0 aromatic heterocycles. The predicted octanol–water partition coefficient (Wildman–Crippen LogP) is 3.72. The molecule has 0 radical (unpaired) electrons. The number of nitrogens with zero attached hydrogens (tertiary/aromatic N) is 1. The van der Waals surface area contributed by atoms with E-state index >= 15 is 0 Å². The first-order valence-corrected chi connectivity index (χ1v) is 6.76. The summed E-state index contributed by atoms with van der Waals surface area (Å²) in [4.78, 5) is 11.9. The Kier molecular flexibility index (Phi) is 6.20. The standard InChI is InChI=1S/C15H20F3NO2/c1-11(2)8-13(12-6-4-3-5-7-12)19(9-14(20)21)10-15(16,17)18/h3-7,11,13H,8-10H2,1-2H3,(H,20,21). The second kappa shape index (κ2) is 7.45. The summed E-state index contributed by atoms with van der Waals surface area (Å²) in [5, 5.41) is 8.90. The summed E-state index contributed by atoms with van der Waals surface area (Å²) in [6.45, 7) is 1.95. The van der Waals surface area contributed by atoms with Crippen LogP contribution in [-0.4, -0.2) is 35.2 Å². The molecule has 0 saturated carbocycles. The molecule has 1 N–H and O–H groups in total. The molecule has 1 aromatic rings. The Morgan fingerprint density at radius 3 is 2.24 bits per heavy atom. The molecule has 0 spiro atoms. The zero-order valence-corrected chi connectivity index (χ0v) is 12.1. The molecule has 1 atom stereocenters. The summed E-state index contributed by atoms with van der Waals surface area (Å²) >= 11 is 0. The Labute approximate surface area is 122 Å². The molecule has 0 fully saturated rings. The van der Waals surface area contributed by atoms with Crippen LogP contribution < -0.4 is 0 Å². The fourth-order valence-electron chi connectivity index (χ4n) is 2.30. The molecule has 118 valence electrons. The highest BCUT2D eigenvalue weighted by molar-refractivity contribution is 5.69. The molecule has 6 heteroatoms. The smallest absolute Gasteiger partial charge is 0.401 e. The van der Waals surface area contributed by atoms with Crippen LogP contribution in [-0.2, 0) is 4.79 Å². The number of carbonyl (C=O) groups is 1. The van der Waals surface area contributed by atoms with Crippen LogP contribution in [0.25, 0.3) is 0 Å². The lowest BCUT2D eigenvalue weighted by molar-refractivity contribution is -0.159. The van der Waals surface area contributed by atoms with Crippen molar-refractivity contribution in [3.8, 4) is 0 Å². The van der Waals surface area contributed by atoms with Gasteiger partial charge in [-0.3, -0.25) is 9.69 Å². The van der Waals surface area contributed by atoms with Gasteiger partial charge in [-0.25, -0.2) is 0 Å². The van der Waals surface area contributed by atoms with Gasteiger partial charge in [-0.15, -0.1) is 0 Å². The van der Waals surface area contributed by atoms with E-state index in [9.17, 15) is 18.0 Å². The van der Waals surface area contributed by atoms with Crippen LogP contribution in [0.3, 0.4) is 0 Å². The molecule has 0 saturated heterocycles. The van der Waals surface area contributed by atoms with Crippen molar-refractivity contribution in [1.82, 2.24) is 4.90 Å². The van der Waals surface area contributed by atoms with Crippen molar-refractivity contribution in [1.29, 1.82) is 0 Å². The highest BCUT2D eigenvalue weighted by atomic mass is 19.4. The van der Waals surface area contributed by atoms with Gasteiger partial charge in [0.15, 0.2) is 0 Å². The van der Waals surface area contributed by atoms with Crippen LogP contribution in [0.1, 0.15) is 31.9 Å². The molecule has 1 aromatic carbocycles. The first kappa shape index (κ1) is 17.5. The number of halogens is 3. The number of rotatable bonds is 7. The summed E-state index contributed by atoms with van der Waals surface area (Å²) in [6, 6.07) is 8.17. The van der Waals surface area contributed by atoms with Crippen molar-refractivity contribution in [2.45, 2.75) is 32.5 Å².